The number of aliphatic carboxylic acids is 1. The lowest BCUT2D eigenvalue weighted by atomic mass is 10.1. The van der Waals surface area contributed by atoms with E-state index in [4.69, 9.17) is 5.11 Å². The Morgan fingerprint density at radius 1 is 1.37 bits per heavy atom. The molecule has 0 heterocycles. The second-order valence-corrected chi connectivity index (χ2v) is 5.50. The van der Waals surface area contributed by atoms with Gasteiger partial charge in [-0.1, -0.05) is 18.2 Å². The first-order valence-electron chi connectivity index (χ1n) is 6.04. The van der Waals surface area contributed by atoms with Gasteiger partial charge >= 0.3 is 5.97 Å². The zero-order valence-corrected chi connectivity index (χ0v) is 12.2. The van der Waals surface area contributed by atoms with Crippen LogP contribution >= 0.6 is 11.8 Å². The molecule has 19 heavy (non-hydrogen) atoms. The predicted molar refractivity (Wildman–Crippen MR) is 77.3 cm³/mol. The van der Waals surface area contributed by atoms with Crippen molar-refractivity contribution in [2.45, 2.75) is 32.6 Å². The molecule has 1 aromatic carbocycles. The quantitative estimate of drug-likeness (QED) is 0.838. The Balaban J connectivity index is 2.54. The van der Waals surface area contributed by atoms with Gasteiger partial charge < -0.3 is 10.4 Å². The molecule has 0 aromatic heterocycles. The van der Waals surface area contributed by atoms with Crippen LogP contribution < -0.4 is 5.32 Å². The summed E-state index contributed by atoms with van der Waals surface area (Å²) in [7, 11) is 0. The third-order valence-corrected chi connectivity index (χ3v) is 4.02. The van der Waals surface area contributed by atoms with Gasteiger partial charge in [-0.2, -0.15) is 11.8 Å². The van der Waals surface area contributed by atoms with Crippen LogP contribution in [0.1, 0.15) is 23.6 Å². The first kappa shape index (κ1) is 15.6. The number of hydrogen-bond donors (Lipinski definition) is 2. The molecule has 2 N–H and O–H groups in total. The fraction of sp³-hybridized carbons (Fsp3) is 0.429. The highest BCUT2D eigenvalue weighted by molar-refractivity contribution is 7.98. The van der Waals surface area contributed by atoms with Crippen molar-refractivity contribution in [3.8, 4) is 0 Å². The van der Waals surface area contributed by atoms with E-state index in [2.05, 4.69) is 25.2 Å². The highest BCUT2D eigenvalue weighted by atomic mass is 32.2. The summed E-state index contributed by atoms with van der Waals surface area (Å²) in [5, 5.41) is 11.4. The zero-order chi connectivity index (χ0) is 14.4. The molecule has 0 aliphatic carbocycles. The van der Waals surface area contributed by atoms with Crippen molar-refractivity contribution < 1.29 is 14.7 Å². The van der Waals surface area contributed by atoms with Crippen LogP contribution in [0.3, 0.4) is 0 Å². The standard InChI is InChI=1S/C14H19NO3S/c1-9-5-4-6-12(10(9)2)7-19-8-13(14(17)18)15-11(3)16/h4-6,13H,7-8H2,1-3H3,(H,15,16)(H,17,18)/t13-/m0/s1. The fourth-order valence-corrected chi connectivity index (χ4v) is 2.79. The predicted octanol–water partition coefficient (Wildman–Crippen LogP) is 2.13. The van der Waals surface area contributed by atoms with E-state index in [1.165, 1.54) is 35.4 Å². The number of nitrogens with one attached hydrogen (secondary N) is 1. The number of amides is 1. The molecule has 1 rings (SSSR count). The van der Waals surface area contributed by atoms with E-state index >= 15 is 0 Å². The first-order valence-corrected chi connectivity index (χ1v) is 7.20. The molecule has 5 heteroatoms. The lowest BCUT2D eigenvalue weighted by Crippen LogP contribution is -2.41. The highest BCUT2D eigenvalue weighted by Crippen LogP contribution is 2.19. The van der Waals surface area contributed by atoms with Crippen molar-refractivity contribution in [1.29, 1.82) is 0 Å². The van der Waals surface area contributed by atoms with Crippen LogP contribution in [0.15, 0.2) is 18.2 Å². The van der Waals surface area contributed by atoms with Gasteiger partial charge in [-0.3, -0.25) is 4.79 Å². The topological polar surface area (TPSA) is 66.4 Å². The third kappa shape index (κ3) is 4.95. The minimum Gasteiger partial charge on any atom is -0.480 e. The number of thioether (sulfide) groups is 1. The van der Waals surface area contributed by atoms with E-state index < -0.39 is 12.0 Å². The van der Waals surface area contributed by atoms with Crippen LogP contribution in [0.4, 0.5) is 0 Å². The minimum atomic E-state index is -0.997. The van der Waals surface area contributed by atoms with Crippen molar-refractivity contribution in [3.63, 3.8) is 0 Å². The molecular formula is C14H19NO3S. The molecule has 1 amide bonds. The average Bonchev–Trinajstić information content (AvgIpc) is 2.32. The normalized spacial score (nSPS) is 11.9. The Hall–Kier alpha value is -1.49. The molecule has 0 spiro atoms. The average molecular weight is 281 g/mol. The van der Waals surface area contributed by atoms with Gasteiger partial charge in [0.2, 0.25) is 5.91 Å². The third-order valence-electron chi connectivity index (χ3n) is 2.93. The minimum absolute atomic E-state index is 0.320. The molecule has 0 bridgehead atoms. The van der Waals surface area contributed by atoms with Crippen molar-refractivity contribution in [1.82, 2.24) is 5.32 Å². The van der Waals surface area contributed by atoms with E-state index in [0.717, 1.165) is 5.75 Å². The van der Waals surface area contributed by atoms with E-state index in [1.807, 2.05) is 12.1 Å². The van der Waals surface area contributed by atoms with Crippen LogP contribution in [0, 0.1) is 13.8 Å². The number of benzene rings is 1. The Kier molecular flexibility index (Phi) is 5.89. The Morgan fingerprint density at radius 3 is 2.63 bits per heavy atom. The lowest BCUT2D eigenvalue weighted by Gasteiger charge is -2.13. The van der Waals surface area contributed by atoms with Gasteiger partial charge in [0.1, 0.15) is 6.04 Å². The summed E-state index contributed by atoms with van der Waals surface area (Å²) in [6, 6.07) is 5.28. The van der Waals surface area contributed by atoms with Gasteiger partial charge in [0.25, 0.3) is 0 Å². The smallest absolute Gasteiger partial charge is 0.327 e. The molecule has 0 saturated heterocycles. The Bertz CT molecular complexity index is 474. The number of carbonyl (C=O) groups excluding carboxylic acids is 1. The van der Waals surface area contributed by atoms with Crippen molar-refractivity contribution in [2.24, 2.45) is 0 Å². The van der Waals surface area contributed by atoms with E-state index in [1.54, 1.807) is 0 Å². The molecule has 104 valence electrons. The van der Waals surface area contributed by atoms with Gasteiger partial charge in [-0.15, -0.1) is 0 Å². The highest BCUT2D eigenvalue weighted by Gasteiger charge is 2.18. The van der Waals surface area contributed by atoms with Crippen LogP contribution in [0.5, 0.6) is 0 Å². The summed E-state index contributed by atoms with van der Waals surface area (Å²) in [5.41, 5.74) is 3.67. The van der Waals surface area contributed by atoms with Crippen molar-refractivity contribution in [3.05, 3.63) is 34.9 Å². The van der Waals surface area contributed by atoms with E-state index in [9.17, 15) is 9.59 Å². The lowest BCUT2D eigenvalue weighted by molar-refractivity contribution is -0.140. The maximum Gasteiger partial charge on any atom is 0.327 e. The summed E-state index contributed by atoms with van der Waals surface area (Å²) in [6.45, 7) is 5.44. The Labute approximate surface area is 117 Å². The van der Waals surface area contributed by atoms with Gasteiger partial charge in [0, 0.05) is 18.4 Å². The fourth-order valence-electron chi connectivity index (χ4n) is 1.68. The van der Waals surface area contributed by atoms with Gasteiger partial charge in [-0.05, 0) is 30.5 Å². The summed E-state index contributed by atoms with van der Waals surface area (Å²) in [5.74, 6) is -0.206. The van der Waals surface area contributed by atoms with Crippen LogP contribution in [-0.4, -0.2) is 28.8 Å². The molecule has 0 aliphatic rings. The molecule has 0 radical (unpaired) electrons. The summed E-state index contributed by atoms with van der Waals surface area (Å²) >= 11 is 1.51. The van der Waals surface area contributed by atoms with Crippen LogP contribution in [0.25, 0.3) is 0 Å². The second kappa shape index (κ2) is 7.19. The second-order valence-electron chi connectivity index (χ2n) is 4.47. The summed E-state index contributed by atoms with van der Waals surface area (Å²) in [4.78, 5) is 21.9. The molecule has 1 aromatic rings. The number of aryl methyl sites for hydroxylation is 1. The van der Waals surface area contributed by atoms with Gasteiger partial charge in [0.05, 0.1) is 0 Å². The van der Waals surface area contributed by atoms with E-state index in [0.29, 0.717) is 5.75 Å². The van der Waals surface area contributed by atoms with Crippen molar-refractivity contribution >= 4 is 23.6 Å². The van der Waals surface area contributed by atoms with Crippen LogP contribution in [-0.2, 0) is 15.3 Å². The zero-order valence-electron chi connectivity index (χ0n) is 11.4. The van der Waals surface area contributed by atoms with Crippen molar-refractivity contribution in [2.75, 3.05) is 5.75 Å². The Morgan fingerprint density at radius 2 is 2.05 bits per heavy atom. The van der Waals surface area contributed by atoms with Gasteiger partial charge in [-0.25, -0.2) is 4.79 Å². The maximum atomic E-state index is 11.0. The summed E-state index contributed by atoms with van der Waals surface area (Å²) < 4.78 is 0. The number of carboxylic acids is 1. The van der Waals surface area contributed by atoms with E-state index in [-0.39, 0.29) is 5.91 Å². The monoisotopic (exact) mass is 281 g/mol. The molecule has 0 unspecified atom stereocenters. The SMILES string of the molecule is CC(=O)N[C@@H](CSCc1cccc(C)c1C)C(=O)O. The number of rotatable bonds is 6. The number of carboxylic acid groups (broad SMARTS) is 1. The van der Waals surface area contributed by atoms with Gasteiger partial charge in [0.15, 0.2) is 0 Å². The number of hydrogen-bond acceptors (Lipinski definition) is 3. The molecular weight excluding hydrogens is 262 g/mol. The number of carbonyl (C=O) groups is 2. The largest absolute Gasteiger partial charge is 0.480 e. The van der Waals surface area contributed by atoms with Crippen LogP contribution in [0.2, 0.25) is 0 Å². The molecule has 0 fully saturated rings. The molecule has 4 nitrogen and oxygen atoms in total. The molecule has 0 aliphatic heterocycles. The molecule has 0 saturated carbocycles. The summed E-state index contributed by atoms with van der Waals surface area (Å²) in [6.07, 6.45) is 0. The molecule has 1 atom stereocenters. The maximum absolute atomic E-state index is 11.0. The first-order chi connectivity index (χ1) is 8.91.